The summed E-state index contributed by atoms with van der Waals surface area (Å²) in [5, 5.41) is 26.0. The Kier molecular flexibility index (Phi) is 4.08. The van der Waals surface area contributed by atoms with Gasteiger partial charge in [0.05, 0.1) is 12.7 Å². The van der Waals surface area contributed by atoms with E-state index < -0.39 is 72.5 Å². The Labute approximate surface area is 160 Å². The monoisotopic (exact) mass is 390 g/mol. The van der Waals surface area contributed by atoms with Crippen LogP contribution in [0, 0.1) is 0 Å². The van der Waals surface area contributed by atoms with Gasteiger partial charge in [-0.05, 0) is 6.92 Å². The van der Waals surface area contributed by atoms with Gasteiger partial charge in [-0.1, -0.05) is 0 Å². The molecule has 27 heavy (non-hydrogen) atoms. The molecule has 0 saturated carbocycles. The smallest absolute Gasteiger partial charge is 0.336 e. The van der Waals surface area contributed by atoms with Crippen molar-refractivity contribution in [3.8, 4) is 0 Å². The molecular formula is C15H20N4O8. The fraction of sp³-hybridized carbons (Fsp3) is 0.467. The molecule has 2 aromatic rings. The van der Waals surface area contributed by atoms with Crippen LogP contribution in [0.25, 0.3) is 11.2 Å². The molecule has 2 heterocycles. The molecule has 0 amide bonds. The van der Waals surface area contributed by atoms with Gasteiger partial charge in [-0.25, -0.2) is 14.6 Å². The summed E-state index contributed by atoms with van der Waals surface area (Å²) in [5.41, 5.74) is -5.42. The van der Waals surface area contributed by atoms with E-state index in [1.54, 1.807) is 0 Å². The number of aliphatic hydroxyl groups is 1. The summed E-state index contributed by atoms with van der Waals surface area (Å²) in [4.78, 5) is 58.6. The summed E-state index contributed by atoms with van der Waals surface area (Å²) in [6.45, 7) is -4.51. The minimum atomic E-state index is -2.88. The van der Waals surface area contributed by atoms with Gasteiger partial charge in [0.15, 0.2) is 16.8 Å². The van der Waals surface area contributed by atoms with Crippen LogP contribution in [0.4, 0.5) is 0 Å². The number of aromatic nitrogens is 4. The van der Waals surface area contributed by atoms with Crippen LogP contribution in [0.3, 0.4) is 0 Å². The van der Waals surface area contributed by atoms with E-state index in [4.69, 9.17) is 18.4 Å². The lowest BCUT2D eigenvalue weighted by molar-refractivity contribution is -0.167. The molecule has 0 aliphatic rings. The number of carbonyl (C=O) groups excluding carboxylic acids is 1. The molecule has 2 rings (SSSR count). The van der Waals surface area contributed by atoms with Crippen molar-refractivity contribution in [2.24, 2.45) is 21.0 Å². The van der Waals surface area contributed by atoms with Crippen molar-refractivity contribution in [2.75, 3.05) is 0 Å². The number of Topliss-reactive ketones (excluding diaryl/α,β-unsaturated/α-hetero) is 1. The highest BCUT2D eigenvalue weighted by Gasteiger charge is 2.39. The predicted octanol–water partition coefficient (Wildman–Crippen LogP) is -1.77. The number of carboxylic acids is 2. The van der Waals surface area contributed by atoms with Gasteiger partial charge < -0.3 is 19.9 Å². The second kappa shape index (κ2) is 7.95. The largest absolute Gasteiger partial charge is 0.481 e. The fourth-order valence-corrected chi connectivity index (χ4v) is 2.06. The Morgan fingerprint density at radius 1 is 1.19 bits per heavy atom. The van der Waals surface area contributed by atoms with Gasteiger partial charge >= 0.3 is 17.6 Å². The van der Waals surface area contributed by atoms with Gasteiger partial charge in [0.1, 0.15) is 5.78 Å². The topological polar surface area (TPSA) is 174 Å². The van der Waals surface area contributed by atoms with Gasteiger partial charge in [0.2, 0.25) is 0 Å². The summed E-state index contributed by atoms with van der Waals surface area (Å²) >= 11 is 0. The second-order valence-corrected chi connectivity index (χ2v) is 5.55. The number of hydrogen-bond donors (Lipinski definition) is 3. The van der Waals surface area contributed by atoms with Gasteiger partial charge in [-0.15, -0.1) is 0 Å². The van der Waals surface area contributed by atoms with Gasteiger partial charge in [0.25, 0.3) is 5.56 Å². The van der Waals surface area contributed by atoms with E-state index in [9.17, 15) is 29.1 Å². The number of imidazole rings is 1. The highest BCUT2D eigenvalue weighted by molar-refractivity contribution is 5.90. The quantitative estimate of drug-likeness (QED) is 0.533. The van der Waals surface area contributed by atoms with E-state index in [2.05, 4.69) is 4.98 Å². The Morgan fingerprint density at radius 2 is 1.81 bits per heavy atom. The van der Waals surface area contributed by atoms with Crippen molar-refractivity contribution in [1.29, 1.82) is 0 Å². The number of ketones is 1. The SMILES string of the molecule is CC(=O)CC(O)(CC(=O)O)C(=O)O.[2H]C([2H])([2H])n1cnc2c1c(=O)n(C)c(=O)n2C([2H])([2H])[2H]. The third-order valence-electron chi connectivity index (χ3n) is 3.33. The number of nitrogens with zero attached hydrogens (tertiary/aromatic N) is 4. The van der Waals surface area contributed by atoms with Gasteiger partial charge in [-0.2, -0.15) is 0 Å². The lowest BCUT2D eigenvalue weighted by atomic mass is 9.94. The van der Waals surface area contributed by atoms with Crippen LogP contribution in [0.5, 0.6) is 0 Å². The van der Waals surface area contributed by atoms with Crippen LogP contribution in [0.1, 0.15) is 28.0 Å². The Morgan fingerprint density at radius 3 is 2.26 bits per heavy atom. The van der Waals surface area contributed by atoms with Crippen molar-refractivity contribution in [1.82, 2.24) is 18.7 Å². The molecular weight excluding hydrogens is 364 g/mol. The Balaban J connectivity index is 0.000000366. The van der Waals surface area contributed by atoms with Gasteiger partial charge in [0, 0.05) is 35.6 Å². The standard InChI is InChI=1S/C8H10N4O2.C7H10O6/c1-10-4-9-6-5(10)7(13)12(3)8(14)11(6)2;1-4(8)2-7(13,6(11)12)3-5(9)10/h4H,1-3H3;13H,2-3H2,1H3,(H,9,10)(H,11,12)/i1D3,2D3;. The molecule has 0 fully saturated rings. The number of carboxylic acid groups (broad SMARTS) is 2. The molecule has 148 valence electrons. The number of carbonyl (C=O) groups is 3. The molecule has 12 heteroatoms. The number of fused-ring (bicyclic) bond motifs is 1. The van der Waals surface area contributed by atoms with E-state index in [0.29, 0.717) is 13.7 Å². The number of aryl methyl sites for hydroxylation is 2. The van der Waals surface area contributed by atoms with Crippen molar-refractivity contribution < 1.29 is 37.9 Å². The van der Waals surface area contributed by atoms with Crippen LogP contribution in [-0.4, -0.2) is 57.3 Å². The number of rotatable bonds is 5. The maximum Gasteiger partial charge on any atom is 0.336 e. The minimum Gasteiger partial charge on any atom is -0.481 e. The third kappa shape index (κ3) is 4.67. The van der Waals surface area contributed by atoms with Crippen molar-refractivity contribution in [3.05, 3.63) is 27.2 Å². The summed E-state index contributed by atoms with van der Waals surface area (Å²) in [6.07, 6.45) is -0.864. The lowest BCUT2D eigenvalue weighted by Crippen LogP contribution is -2.42. The molecule has 12 nitrogen and oxygen atoms in total. The first-order chi connectivity index (χ1) is 14.7. The summed E-state index contributed by atoms with van der Waals surface area (Å²) in [6, 6.07) is 0. The van der Waals surface area contributed by atoms with Crippen molar-refractivity contribution in [2.45, 2.75) is 25.4 Å². The highest BCUT2D eigenvalue weighted by atomic mass is 16.4. The maximum atomic E-state index is 12.0. The predicted molar refractivity (Wildman–Crippen MR) is 91.3 cm³/mol. The molecule has 0 aromatic carbocycles. The maximum absolute atomic E-state index is 12.0. The normalized spacial score (nSPS) is 17.0. The Bertz CT molecular complexity index is 1190. The highest BCUT2D eigenvalue weighted by Crippen LogP contribution is 2.16. The molecule has 1 unspecified atom stereocenters. The molecule has 0 bridgehead atoms. The first-order valence-corrected chi connectivity index (χ1v) is 7.11. The zero-order chi connectivity index (χ0) is 26.1. The lowest BCUT2D eigenvalue weighted by Gasteiger charge is -2.19. The Hall–Kier alpha value is -3.28. The van der Waals surface area contributed by atoms with E-state index in [-0.39, 0.29) is 0 Å². The first kappa shape index (κ1) is 13.9. The van der Waals surface area contributed by atoms with Crippen LogP contribution in [0.15, 0.2) is 15.9 Å². The van der Waals surface area contributed by atoms with Crippen LogP contribution in [0.2, 0.25) is 0 Å². The molecule has 0 radical (unpaired) electrons. The molecule has 0 aliphatic heterocycles. The average Bonchev–Trinajstić information content (AvgIpc) is 3.02. The van der Waals surface area contributed by atoms with E-state index in [1.165, 1.54) is 0 Å². The van der Waals surface area contributed by atoms with Crippen LogP contribution >= 0.6 is 0 Å². The van der Waals surface area contributed by atoms with Crippen LogP contribution < -0.4 is 11.2 Å². The molecule has 0 aliphatic carbocycles. The zero-order valence-electron chi connectivity index (χ0n) is 20.2. The number of hydrogen-bond acceptors (Lipinski definition) is 7. The molecule has 3 N–H and O–H groups in total. The molecule has 0 spiro atoms. The fourth-order valence-electron chi connectivity index (χ4n) is 2.06. The first-order valence-electron chi connectivity index (χ1n) is 10.1. The summed E-state index contributed by atoms with van der Waals surface area (Å²) in [5.74, 6) is -3.75. The average molecular weight is 390 g/mol. The van der Waals surface area contributed by atoms with Crippen LogP contribution in [-0.2, 0) is 35.4 Å². The summed E-state index contributed by atoms with van der Waals surface area (Å²) < 4.78 is 45.3. The van der Waals surface area contributed by atoms with E-state index in [0.717, 1.165) is 20.3 Å². The van der Waals surface area contributed by atoms with E-state index >= 15 is 0 Å². The molecule has 1 atom stereocenters. The van der Waals surface area contributed by atoms with E-state index in [1.807, 2.05) is 0 Å². The molecule has 2 aromatic heterocycles. The second-order valence-electron chi connectivity index (χ2n) is 5.55. The minimum absolute atomic E-state index is 0.325. The van der Waals surface area contributed by atoms with Crippen molar-refractivity contribution >= 4 is 28.9 Å². The molecule has 0 saturated heterocycles. The zero-order valence-corrected chi connectivity index (χ0v) is 14.2. The summed E-state index contributed by atoms with van der Waals surface area (Å²) in [7, 11) is 1.07. The van der Waals surface area contributed by atoms with Crippen molar-refractivity contribution in [3.63, 3.8) is 0 Å². The van der Waals surface area contributed by atoms with Gasteiger partial charge in [-0.3, -0.25) is 23.5 Å². The third-order valence-corrected chi connectivity index (χ3v) is 3.33. The number of aliphatic carboxylic acids is 2.